The number of ether oxygens (including phenoxy) is 1. The van der Waals surface area contributed by atoms with Crippen LogP contribution in [0.4, 0.5) is 4.79 Å². The fourth-order valence-corrected chi connectivity index (χ4v) is 3.14. The summed E-state index contributed by atoms with van der Waals surface area (Å²) in [6.45, 7) is 2.52. The summed E-state index contributed by atoms with van der Waals surface area (Å²) in [5, 5.41) is 5.38. The minimum absolute atomic E-state index is 0.0497. The van der Waals surface area contributed by atoms with Gasteiger partial charge in [-0.1, -0.05) is 30.3 Å². The molecule has 1 saturated carbocycles. The first-order valence-electron chi connectivity index (χ1n) is 8.96. The zero-order chi connectivity index (χ0) is 19.6. The van der Waals surface area contributed by atoms with Gasteiger partial charge in [-0.3, -0.25) is 19.3 Å². The lowest BCUT2D eigenvalue weighted by Crippen LogP contribution is -2.42. The number of nitrogens with one attached hydrogen (secondary N) is 2. The number of esters is 1. The van der Waals surface area contributed by atoms with E-state index in [2.05, 4.69) is 10.6 Å². The summed E-state index contributed by atoms with van der Waals surface area (Å²) in [4.78, 5) is 49.5. The summed E-state index contributed by atoms with van der Waals surface area (Å²) >= 11 is 0. The maximum Gasteiger partial charge on any atom is 0.326 e. The molecular formula is C19H23N3O5. The predicted molar refractivity (Wildman–Crippen MR) is 95.3 cm³/mol. The van der Waals surface area contributed by atoms with Gasteiger partial charge < -0.3 is 15.4 Å². The first kappa shape index (κ1) is 18.9. The summed E-state index contributed by atoms with van der Waals surface area (Å²) in [5.74, 6) is -1.26. The van der Waals surface area contributed by atoms with E-state index in [9.17, 15) is 19.2 Å². The SMILES string of the molecule is C[C@H](NC(=O)COC(=O)CN1C(=O)N[C@@](C)(c2ccccc2)C1=O)C1CC1. The number of nitrogens with zero attached hydrogens (tertiary/aromatic N) is 1. The molecule has 0 radical (unpaired) electrons. The molecule has 0 bridgehead atoms. The monoisotopic (exact) mass is 373 g/mol. The van der Waals surface area contributed by atoms with Crippen LogP contribution in [-0.2, 0) is 24.7 Å². The zero-order valence-electron chi connectivity index (χ0n) is 15.4. The van der Waals surface area contributed by atoms with Crippen LogP contribution in [0.3, 0.4) is 0 Å². The quantitative estimate of drug-likeness (QED) is 0.546. The molecule has 1 aliphatic heterocycles. The Labute approximate surface area is 157 Å². The van der Waals surface area contributed by atoms with Crippen molar-refractivity contribution in [2.24, 2.45) is 5.92 Å². The van der Waals surface area contributed by atoms with Gasteiger partial charge in [0, 0.05) is 6.04 Å². The van der Waals surface area contributed by atoms with Crippen LogP contribution in [0.1, 0.15) is 32.3 Å². The molecule has 2 fully saturated rings. The molecule has 2 N–H and O–H groups in total. The highest BCUT2D eigenvalue weighted by molar-refractivity contribution is 6.08. The molecule has 1 heterocycles. The summed E-state index contributed by atoms with van der Waals surface area (Å²) in [6, 6.07) is 8.16. The number of benzene rings is 1. The Morgan fingerprint density at radius 1 is 1.30 bits per heavy atom. The van der Waals surface area contributed by atoms with Crippen molar-refractivity contribution in [3.63, 3.8) is 0 Å². The Morgan fingerprint density at radius 3 is 2.59 bits per heavy atom. The molecule has 2 atom stereocenters. The molecule has 0 unspecified atom stereocenters. The summed E-state index contributed by atoms with van der Waals surface area (Å²) in [6.07, 6.45) is 2.18. The number of imide groups is 1. The van der Waals surface area contributed by atoms with E-state index >= 15 is 0 Å². The smallest absolute Gasteiger partial charge is 0.326 e. The lowest BCUT2D eigenvalue weighted by atomic mass is 9.92. The van der Waals surface area contributed by atoms with E-state index in [1.54, 1.807) is 37.3 Å². The molecule has 3 rings (SSSR count). The number of amides is 4. The van der Waals surface area contributed by atoms with Crippen molar-refractivity contribution in [2.75, 3.05) is 13.2 Å². The fourth-order valence-electron chi connectivity index (χ4n) is 3.14. The largest absolute Gasteiger partial charge is 0.454 e. The highest BCUT2D eigenvalue weighted by Gasteiger charge is 2.49. The van der Waals surface area contributed by atoms with E-state index in [0.29, 0.717) is 11.5 Å². The summed E-state index contributed by atoms with van der Waals surface area (Å²) in [7, 11) is 0. The van der Waals surface area contributed by atoms with E-state index in [1.165, 1.54) is 0 Å². The summed E-state index contributed by atoms with van der Waals surface area (Å²) < 4.78 is 4.91. The van der Waals surface area contributed by atoms with Crippen molar-refractivity contribution >= 4 is 23.8 Å². The Hall–Kier alpha value is -2.90. The van der Waals surface area contributed by atoms with Gasteiger partial charge in [-0.15, -0.1) is 0 Å². The number of hydrogen-bond donors (Lipinski definition) is 2. The average molecular weight is 373 g/mol. The number of carbonyl (C=O) groups is 4. The molecule has 1 aliphatic carbocycles. The van der Waals surface area contributed by atoms with Gasteiger partial charge in [-0.2, -0.15) is 0 Å². The maximum absolute atomic E-state index is 12.7. The molecule has 27 heavy (non-hydrogen) atoms. The zero-order valence-corrected chi connectivity index (χ0v) is 15.4. The van der Waals surface area contributed by atoms with Crippen molar-refractivity contribution < 1.29 is 23.9 Å². The van der Waals surface area contributed by atoms with Crippen LogP contribution in [0.25, 0.3) is 0 Å². The second kappa shape index (κ2) is 7.38. The highest BCUT2D eigenvalue weighted by atomic mass is 16.5. The normalized spacial score (nSPS) is 23.0. The molecular weight excluding hydrogens is 350 g/mol. The first-order chi connectivity index (χ1) is 12.8. The number of rotatable bonds is 7. The molecule has 8 heteroatoms. The van der Waals surface area contributed by atoms with Gasteiger partial charge in [0.2, 0.25) is 0 Å². The maximum atomic E-state index is 12.7. The van der Waals surface area contributed by atoms with Crippen LogP contribution in [0.15, 0.2) is 30.3 Å². The van der Waals surface area contributed by atoms with E-state index < -0.39 is 42.5 Å². The molecule has 1 aromatic carbocycles. The van der Waals surface area contributed by atoms with Crippen molar-refractivity contribution in [1.29, 1.82) is 0 Å². The van der Waals surface area contributed by atoms with Crippen molar-refractivity contribution in [3.8, 4) is 0 Å². The van der Waals surface area contributed by atoms with Gasteiger partial charge in [0.05, 0.1) is 0 Å². The van der Waals surface area contributed by atoms with Crippen LogP contribution >= 0.6 is 0 Å². The fraction of sp³-hybridized carbons (Fsp3) is 0.474. The third-order valence-corrected chi connectivity index (χ3v) is 5.00. The van der Waals surface area contributed by atoms with Crippen LogP contribution in [0.2, 0.25) is 0 Å². The van der Waals surface area contributed by atoms with Gasteiger partial charge in [0.25, 0.3) is 11.8 Å². The van der Waals surface area contributed by atoms with Gasteiger partial charge in [-0.25, -0.2) is 4.79 Å². The lowest BCUT2D eigenvalue weighted by molar-refractivity contribution is -0.151. The number of carbonyl (C=O) groups excluding carboxylic acids is 4. The lowest BCUT2D eigenvalue weighted by Gasteiger charge is -2.21. The Morgan fingerprint density at radius 2 is 1.96 bits per heavy atom. The van der Waals surface area contributed by atoms with E-state index in [-0.39, 0.29) is 6.04 Å². The number of hydrogen-bond acceptors (Lipinski definition) is 5. The molecule has 4 amide bonds. The van der Waals surface area contributed by atoms with Crippen molar-refractivity contribution in [2.45, 2.75) is 38.3 Å². The number of urea groups is 1. The molecule has 1 aromatic rings. The van der Waals surface area contributed by atoms with E-state index in [4.69, 9.17) is 4.74 Å². The molecule has 8 nitrogen and oxygen atoms in total. The second-order valence-electron chi connectivity index (χ2n) is 7.17. The second-order valence-corrected chi connectivity index (χ2v) is 7.17. The van der Waals surface area contributed by atoms with Crippen LogP contribution in [0.5, 0.6) is 0 Å². The predicted octanol–water partition coefficient (Wildman–Crippen LogP) is 0.912. The van der Waals surface area contributed by atoms with Crippen LogP contribution in [-0.4, -0.2) is 47.9 Å². The first-order valence-corrected chi connectivity index (χ1v) is 8.96. The molecule has 2 aliphatic rings. The van der Waals surface area contributed by atoms with Crippen LogP contribution < -0.4 is 10.6 Å². The Bertz CT molecular complexity index is 762. The molecule has 1 saturated heterocycles. The van der Waals surface area contributed by atoms with Gasteiger partial charge in [-0.05, 0) is 38.2 Å². The Balaban J connectivity index is 1.54. The highest BCUT2D eigenvalue weighted by Crippen LogP contribution is 2.32. The third kappa shape index (κ3) is 4.10. The third-order valence-electron chi connectivity index (χ3n) is 5.00. The molecule has 0 aromatic heterocycles. The van der Waals surface area contributed by atoms with Gasteiger partial charge >= 0.3 is 12.0 Å². The van der Waals surface area contributed by atoms with E-state index in [0.717, 1.165) is 17.7 Å². The minimum atomic E-state index is -1.24. The average Bonchev–Trinajstić information content (AvgIpc) is 3.46. The minimum Gasteiger partial charge on any atom is -0.454 e. The topological polar surface area (TPSA) is 105 Å². The van der Waals surface area contributed by atoms with Gasteiger partial charge in [0.15, 0.2) is 6.61 Å². The van der Waals surface area contributed by atoms with Crippen LogP contribution in [0, 0.1) is 5.92 Å². The molecule has 0 spiro atoms. The van der Waals surface area contributed by atoms with Crippen molar-refractivity contribution in [3.05, 3.63) is 35.9 Å². The van der Waals surface area contributed by atoms with E-state index in [1.807, 2.05) is 6.92 Å². The van der Waals surface area contributed by atoms with Gasteiger partial charge in [0.1, 0.15) is 12.1 Å². The Kier molecular flexibility index (Phi) is 5.16. The molecule has 144 valence electrons. The standard InChI is InChI=1S/C19H23N3O5/c1-12(13-8-9-13)20-15(23)11-27-16(24)10-22-17(25)19(2,21-18(22)26)14-6-4-3-5-7-14/h3-7,12-13H,8-11H2,1-2H3,(H,20,23)(H,21,26)/t12-,19-/m0/s1. The summed E-state index contributed by atoms with van der Waals surface area (Å²) in [5.41, 5.74) is -0.622. The van der Waals surface area contributed by atoms with Crippen molar-refractivity contribution in [1.82, 2.24) is 15.5 Å².